The zero-order valence-electron chi connectivity index (χ0n) is 14.3. The molecule has 0 spiro atoms. The number of amides is 2. The summed E-state index contributed by atoms with van der Waals surface area (Å²) < 4.78 is 5.41. The van der Waals surface area contributed by atoms with E-state index in [4.69, 9.17) is 4.74 Å². The monoisotopic (exact) mass is 336 g/mol. The van der Waals surface area contributed by atoms with Crippen molar-refractivity contribution in [3.8, 4) is 0 Å². The van der Waals surface area contributed by atoms with Gasteiger partial charge in [-0.25, -0.2) is 4.79 Å². The third-order valence-corrected chi connectivity index (χ3v) is 4.53. The summed E-state index contributed by atoms with van der Waals surface area (Å²) in [6.07, 6.45) is -0.432. The highest BCUT2D eigenvalue weighted by Crippen LogP contribution is 2.26. The third-order valence-electron chi connectivity index (χ3n) is 3.51. The maximum Gasteiger partial charge on any atom is 0.411 e. The van der Waals surface area contributed by atoms with E-state index in [1.165, 1.54) is 4.90 Å². The summed E-state index contributed by atoms with van der Waals surface area (Å²) in [7, 11) is 1.74. The molecule has 1 atom stereocenters. The van der Waals surface area contributed by atoms with Gasteiger partial charge in [0.1, 0.15) is 11.6 Å². The van der Waals surface area contributed by atoms with Crippen LogP contribution in [0.3, 0.4) is 0 Å². The number of rotatable bonds is 2. The Morgan fingerprint density at radius 1 is 1.35 bits per heavy atom. The maximum absolute atomic E-state index is 12.8. The van der Waals surface area contributed by atoms with Gasteiger partial charge in [0.2, 0.25) is 0 Å². The number of carbonyl (C=O) groups excluding carboxylic acids is 2. The van der Waals surface area contributed by atoms with Gasteiger partial charge in [-0.1, -0.05) is 12.1 Å². The number of nitrogens with zero attached hydrogens (tertiary/aromatic N) is 2. The molecule has 0 N–H and O–H groups in total. The second-order valence-corrected chi connectivity index (χ2v) is 7.70. The molecule has 0 unspecified atom stereocenters. The van der Waals surface area contributed by atoms with E-state index < -0.39 is 17.7 Å². The van der Waals surface area contributed by atoms with Crippen LogP contribution in [-0.2, 0) is 9.53 Å². The van der Waals surface area contributed by atoms with E-state index in [2.05, 4.69) is 0 Å². The van der Waals surface area contributed by atoms with Crippen molar-refractivity contribution in [3.63, 3.8) is 0 Å². The lowest BCUT2D eigenvalue weighted by Crippen LogP contribution is -2.49. The number of hydrogen-bond donors (Lipinski definition) is 0. The minimum absolute atomic E-state index is 0.0912. The first-order chi connectivity index (χ1) is 10.7. The number of thioether (sulfide) groups is 1. The van der Waals surface area contributed by atoms with Crippen molar-refractivity contribution in [2.75, 3.05) is 23.6 Å². The lowest BCUT2D eigenvalue weighted by atomic mass is 10.2. The lowest BCUT2D eigenvalue weighted by molar-refractivity contribution is -0.122. The second-order valence-electron chi connectivity index (χ2n) is 6.70. The summed E-state index contributed by atoms with van der Waals surface area (Å²) in [6, 6.07) is 7.27. The summed E-state index contributed by atoms with van der Waals surface area (Å²) in [5.74, 6) is 0.979. The summed E-state index contributed by atoms with van der Waals surface area (Å²) in [5, 5.41) is 0. The molecule has 1 aliphatic heterocycles. The van der Waals surface area contributed by atoms with Crippen LogP contribution in [0.5, 0.6) is 0 Å². The molecular formula is C17H24N2O3S. The average Bonchev–Trinajstić information content (AvgIpc) is 2.93. The minimum atomic E-state index is -0.569. The molecule has 0 aromatic heterocycles. The molecular weight excluding hydrogens is 312 g/mol. The van der Waals surface area contributed by atoms with Gasteiger partial charge in [0.05, 0.1) is 5.88 Å². The Morgan fingerprint density at radius 3 is 2.65 bits per heavy atom. The Kier molecular flexibility index (Phi) is 5.24. The molecule has 1 aliphatic rings. The van der Waals surface area contributed by atoms with Crippen LogP contribution in [0, 0.1) is 6.92 Å². The molecule has 2 amide bonds. The second kappa shape index (κ2) is 6.83. The van der Waals surface area contributed by atoms with E-state index in [9.17, 15) is 9.59 Å². The van der Waals surface area contributed by atoms with Crippen LogP contribution in [0.25, 0.3) is 0 Å². The average molecular weight is 336 g/mol. The van der Waals surface area contributed by atoms with Crippen LogP contribution in [0.1, 0.15) is 26.3 Å². The summed E-state index contributed by atoms with van der Waals surface area (Å²) in [5.41, 5.74) is 1.35. The highest BCUT2D eigenvalue weighted by molar-refractivity contribution is 7.99. The maximum atomic E-state index is 12.8. The quantitative estimate of drug-likeness (QED) is 0.832. The predicted octanol–water partition coefficient (Wildman–Crippen LogP) is 3.27. The zero-order chi connectivity index (χ0) is 17.2. The van der Waals surface area contributed by atoms with E-state index in [0.717, 1.165) is 11.3 Å². The van der Waals surface area contributed by atoms with E-state index in [0.29, 0.717) is 11.6 Å². The van der Waals surface area contributed by atoms with E-state index >= 15 is 0 Å². The predicted molar refractivity (Wildman–Crippen MR) is 93.8 cm³/mol. The molecule has 5 nitrogen and oxygen atoms in total. The third kappa shape index (κ3) is 4.41. The molecule has 23 heavy (non-hydrogen) atoms. The van der Waals surface area contributed by atoms with Crippen LogP contribution < -0.4 is 4.90 Å². The van der Waals surface area contributed by atoms with Gasteiger partial charge in [0.25, 0.3) is 5.91 Å². The van der Waals surface area contributed by atoms with Crippen molar-refractivity contribution in [2.24, 2.45) is 0 Å². The van der Waals surface area contributed by atoms with Gasteiger partial charge in [-0.3, -0.25) is 9.69 Å². The fourth-order valence-corrected chi connectivity index (χ4v) is 3.47. The fraction of sp³-hybridized carbons (Fsp3) is 0.529. The van der Waals surface area contributed by atoms with Crippen LogP contribution >= 0.6 is 11.8 Å². The topological polar surface area (TPSA) is 49.9 Å². The Morgan fingerprint density at radius 2 is 2.04 bits per heavy atom. The Labute approximate surface area is 142 Å². The van der Waals surface area contributed by atoms with Gasteiger partial charge in [-0.05, 0) is 45.4 Å². The number of aryl methyl sites for hydroxylation is 1. The SMILES string of the molecule is Cc1cccc(N(C)C(=O)[C@@H]2CSCN2C(=O)OC(C)(C)C)c1. The zero-order valence-corrected chi connectivity index (χ0v) is 15.1. The van der Waals surface area contributed by atoms with Gasteiger partial charge >= 0.3 is 6.09 Å². The largest absolute Gasteiger partial charge is 0.444 e. The highest BCUT2D eigenvalue weighted by Gasteiger charge is 2.38. The van der Waals surface area contributed by atoms with E-state index in [1.807, 2.05) is 52.0 Å². The molecule has 0 bridgehead atoms. The molecule has 2 rings (SSSR count). The molecule has 1 fully saturated rings. The first kappa shape index (κ1) is 17.7. The number of benzene rings is 1. The highest BCUT2D eigenvalue weighted by atomic mass is 32.2. The van der Waals surface area contributed by atoms with Crippen LogP contribution in [0.2, 0.25) is 0 Å². The van der Waals surface area contributed by atoms with Gasteiger partial charge in [-0.15, -0.1) is 11.8 Å². The van der Waals surface area contributed by atoms with Crippen molar-refractivity contribution in [2.45, 2.75) is 39.3 Å². The molecule has 0 aliphatic carbocycles. The van der Waals surface area contributed by atoms with Gasteiger partial charge in [-0.2, -0.15) is 0 Å². The standard InChI is InChI=1S/C17H24N2O3S/c1-12-7-6-8-13(9-12)18(5)15(20)14-10-23-11-19(14)16(21)22-17(2,3)4/h6-9,14H,10-11H2,1-5H3/t14-/m0/s1. The molecule has 1 heterocycles. The van der Waals surface area contributed by atoms with Gasteiger partial charge < -0.3 is 9.64 Å². The number of anilines is 1. The number of hydrogen-bond acceptors (Lipinski definition) is 4. The fourth-order valence-electron chi connectivity index (χ4n) is 2.34. The number of likely N-dealkylation sites (N-methyl/N-ethyl adjacent to an activating group) is 1. The van der Waals surface area contributed by atoms with Crippen molar-refractivity contribution in [1.82, 2.24) is 4.90 Å². The van der Waals surface area contributed by atoms with Crippen LogP contribution in [0.4, 0.5) is 10.5 Å². The summed E-state index contributed by atoms with van der Waals surface area (Å²) in [4.78, 5) is 28.2. The van der Waals surface area contributed by atoms with Gasteiger partial charge in [0, 0.05) is 18.5 Å². The Bertz CT molecular complexity index is 598. The molecule has 0 radical (unpaired) electrons. The van der Waals surface area contributed by atoms with E-state index in [-0.39, 0.29) is 5.91 Å². The normalized spacial score (nSPS) is 18.0. The first-order valence-corrected chi connectivity index (χ1v) is 8.76. The Hall–Kier alpha value is -1.69. The molecule has 1 aromatic carbocycles. The smallest absolute Gasteiger partial charge is 0.411 e. The van der Waals surface area contributed by atoms with E-state index in [1.54, 1.807) is 23.7 Å². The number of carbonyl (C=O) groups is 2. The summed E-state index contributed by atoms with van der Waals surface area (Å²) >= 11 is 1.57. The molecule has 1 saturated heterocycles. The molecule has 6 heteroatoms. The summed E-state index contributed by atoms with van der Waals surface area (Å²) in [6.45, 7) is 7.46. The molecule has 126 valence electrons. The lowest BCUT2D eigenvalue weighted by Gasteiger charge is -2.29. The Balaban J connectivity index is 2.12. The van der Waals surface area contributed by atoms with Crippen molar-refractivity contribution < 1.29 is 14.3 Å². The molecule has 0 saturated carbocycles. The van der Waals surface area contributed by atoms with Crippen LogP contribution in [-0.4, -0.2) is 47.2 Å². The minimum Gasteiger partial charge on any atom is -0.444 e. The van der Waals surface area contributed by atoms with Crippen molar-refractivity contribution in [3.05, 3.63) is 29.8 Å². The van der Waals surface area contributed by atoms with Crippen molar-refractivity contribution >= 4 is 29.4 Å². The first-order valence-electron chi connectivity index (χ1n) is 7.60. The number of ether oxygens (including phenoxy) is 1. The van der Waals surface area contributed by atoms with Crippen molar-refractivity contribution in [1.29, 1.82) is 0 Å². The molecule has 1 aromatic rings. The van der Waals surface area contributed by atoms with Crippen LogP contribution in [0.15, 0.2) is 24.3 Å². The van der Waals surface area contributed by atoms with Gasteiger partial charge in [0.15, 0.2) is 0 Å².